The van der Waals surface area contributed by atoms with Crippen LogP contribution in [0, 0.1) is 0 Å². The third kappa shape index (κ3) is 3.73. The Labute approximate surface area is 113 Å². The third-order valence-electron chi connectivity index (χ3n) is 2.61. The van der Waals surface area contributed by atoms with Crippen LogP contribution >= 0.6 is 0 Å². The van der Waals surface area contributed by atoms with E-state index >= 15 is 0 Å². The molecule has 1 aliphatic rings. The fraction of sp³-hybridized carbons (Fsp3) is 0.333. The van der Waals surface area contributed by atoms with Crippen molar-refractivity contribution in [3.63, 3.8) is 0 Å². The molecule has 2 rings (SSSR count). The van der Waals surface area contributed by atoms with E-state index in [0.29, 0.717) is 0 Å². The minimum Gasteiger partial charge on any atom is -0.0988 e. The Kier molecular flexibility index (Phi) is 8.65. The molecule has 0 bridgehead atoms. The highest BCUT2D eigenvalue weighted by Gasteiger charge is 2.16. The normalized spacial score (nSPS) is 12.3. The molecule has 0 saturated heterocycles. The SMILES string of the molecule is C=CC1=C(/C=C\C)c2ccccc2C1.CC.CC. The maximum Gasteiger partial charge on any atom is -0.00137 e. The lowest BCUT2D eigenvalue weighted by Crippen LogP contribution is -1.80. The van der Waals surface area contributed by atoms with E-state index in [1.54, 1.807) is 0 Å². The monoisotopic (exact) mass is 242 g/mol. The maximum atomic E-state index is 3.87. The molecule has 0 heteroatoms. The Morgan fingerprint density at radius 1 is 1.06 bits per heavy atom. The van der Waals surface area contributed by atoms with Gasteiger partial charge in [0.25, 0.3) is 0 Å². The molecule has 98 valence electrons. The van der Waals surface area contributed by atoms with E-state index in [1.165, 1.54) is 22.3 Å². The van der Waals surface area contributed by atoms with Gasteiger partial charge in [0, 0.05) is 0 Å². The smallest absolute Gasteiger partial charge is 0.00137 e. The second-order valence-corrected chi connectivity index (χ2v) is 3.48. The van der Waals surface area contributed by atoms with Crippen molar-refractivity contribution in [2.75, 3.05) is 0 Å². The molecular weight excluding hydrogens is 216 g/mol. The highest BCUT2D eigenvalue weighted by Crippen LogP contribution is 2.33. The molecule has 1 aliphatic carbocycles. The van der Waals surface area contributed by atoms with Crippen LogP contribution in [0.15, 0.2) is 54.6 Å². The molecule has 1 aromatic rings. The summed E-state index contributed by atoms with van der Waals surface area (Å²) in [7, 11) is 0. The Balaban J connectivity index is 0.000000659. The molecule has 0 unspecified atom stereocenters. The molecule has 0 spiro atoms. The second-order valence-electron chi connectivity index (χ2n) is 3.48. The van der Waals surface area contributed by atoms with E-state index in [0.717, 1.165) is 6.42 Å². The van der Waals surface area contributed by atoms with Gasteiger partial charge in [0.15, 0.2) is 0 Å². The first kappa shape index (κ1) is 16.4. The average molecular weight is 242 g/mol. The Hall–Kier alpha value is -1.56. The van der Waals surface area contributed by atoms with Crippen LogP contribution < -0.4 is 0 Å². The second kappa shape index (κ2) is 9.47. The number of rotatable bonds is 2. The van der Waals surface area contributed by atoms with Crippen molar-refractivity contribution in [1.82, 2.24) is 0 Å². The van der Waals surface area contributed by atoms with Crippen LogP contribution in [0.3, 0.4) is 0 Å². The number of fused-ring (bicyclic) bond motifs is 1. The standard InChI is InChI=1S/C14H14.2C2H6/c1-3-7-13-11(4-2)10-12-8-5-6-9-14(12)13;2*1-2/h3-9H,2,10H2,1H3;2*1-2H3/b7-3-;;. The van der Waals surface area contributed by atoms with E-state index in [9.17, 15) is 0 Å². The van der Waals surface area contributed by atoms with Gasteiger partial charge in [-0.1, -0.05) is 76.8 Å². The zero-order chi connectivity index (χ0) is 14.0. The van der Waals surface area contributed by atoms with E-state index < -0.39 is 0 Å². The lowest BCUT2D eigenvalue weighted by Gasteiger charge is -1.99. The summed E-state index contributed by atoms with van der Waals surface area (Å²) in [4.78, 5) is 0. The summed E-state index contributed by atoms with van der Waals surface area (Å²) in [5, 5.41) is 0. The van der Waals surface area contributed by atoms with Gasteiger partial charge in [0.1, 0.15) is 0 Å². The topological polar surface area (TPSA) is 0 Å². The van der Waals surface area contributed by atoms with E-state index in [1.807, 2.05) is 33.8 Å². The van der Waals surface area contributed by atoms with Crippen LogP contribution in [0.1, 0.15) is 45.7 Å². The fourth-order valence-electron chi connectivity index (χ4n) is 1.96. The molecule has 18 heavy (non-hydrogen) atoms. The summed E-state index contributed by atoms with van der Waals surface area (Å²) in [6.07, 6.45) is 7.25. The van der Waals surface area contributed by atoms with Gasteiger partial charge in [-0.05, 0) is 35.6 Å². The summed E-state index contributed by atoms with van der Waals surface area (Å²) in [6.45, 7) is 13.9. The van der Waals surface area contributed by atoms with Crippen molar-refractivity contribution in [1.29, 1.82) is 0 Å². The van der Waals surface area contributed by atoms with Crippen molar-refractivity contribution in [2.45, 2.75) is 41.0 Å². The Morgan fingerprint density at radius 3 is 2.22 bits per heavy atom. The first-order chi connectivity index (χ1) is 8.86. The molecule has 0 fully saturated rings. The van der Waals surface area contributed by atoms with Crippen molar-refractivity contribution < 1.29 is 0 Å². The van der Waals surface area contributed by atoms with Crippen LogP contribution in [0.25, 0.3) is 5.57 Å². The zero-order valence-electron chi connectivity index (χ0n) is 12.5. The van der Waals surface area contributed by atoms with E-state index in [2.05, 4.69) is 49.9 Å². The van der Waals surface area contributed by atoms with Gasteiger partial charge in [-0.25, -0.2) is 0 Å². The predicted molar refractivity (Wildman–Crippen MR) is 84.8 cm³/mol. The van der Waals surface area contributed by atoms with Crippen LogP contribution in [0.2, 0.25) is 0 Å². The van der Waals surface area contributed by atoms with Crippen molar-refractivity contribution in [3.05, 3.63) is 65.8 Å². The van der Waals surface area contributed by atoms with Gasteiger partial charge in [-0.2, -0.15) is 0 Å². The minimum atomic E-state index is 1.03. The summed E-state index contributed by atoms with van der Waals surface area (Å²) in [5.41, 5.74) is 5.44. The van der Waals surface area contributed by atoms with E-state index in [-0.39, 0.29) is 0 Å². The molecule has 0 N–H and O–H groups in total. The first-order valence-electron chi connectivity index (χ1n) is 6.93. The quantitative estimate of drug-likeness (QED) is 0.614. The largest absolute Gasteiger partial charge is 0.0988 e. The third-order valence-corrected chi connectivity index (χ3v) is 2.61. The lowest BCUT2D eigenvalue weighted by molar-refractivity contribution is 1.25. The van der Waals surface area contributed by atoms with Crippen molar-refractivity contribution in [2.24, 2.45) is 0 Å². The van der Waals surface area contributed by atoms with Crippen molar-refractivity contribution in [3.8, 4) is 0 Å². The first-order valence-corrected chi connectivity index (χ1v) is 6.93. The molecular formula is C18H26. The minimum absolute atomic E-state index is 1.03. The van der Waals surface area contributed by atoms with Crippen molar-refractivity contribution >= 4 is 5.57 Å². The van der Waals surface area contributed by atoms with Crippen LogP contribution in [0.5, 0.6) is 0 Å². The number of hydrogen-bond donors (Lipinski definition) is 0. The highest BCUT2D eigenvalue weighted by atomic mass is 14.2. The molecule has 0 heterocycles. The molecule has 0 nitrogen and oxygen atoms in total. The van der Waals surface area contributed by atoms with Crippen LogP contribution in [-0.4, -0.2) is 0 Å². The van der Waals surface area contributed by atoms with Gasteiger partial charge in [0.05, 0.1) is 0 Å². The van der Waals surface area contributed by atoms with Gasteiger partial charge >= 0.3 is 0 Å². The number of hydrogen-bond acceptors (Lipinski definition) is 0. The Bertz CT molecular complexity index is 419. The molecule has 0 atom stereocenters. The average Bonchev–Trinajstić information content (AvgIpc) is 2.82. The summed E-state index contributed by atoms with van der Waals surface area (Å²) < 4.78 is 0. The molecule has 0 amide bonds. The summed E-state index contributed by atoms with van der Waals surface area (Å²) >= 11 is 0. The Morgan fingerprint density at radius 2 is 1.67 bits per heavy atom. The van der Waals surface area contributed by atoms with Gasteiger partial charge in [-0.15, -0.1) is 0 Å². The number of benzene rings is 1. The van der Waals surface area contributed by atoms with E-state index in [4.69, 9.17) is 0 Å². The molecule has 0 radical (unpaired) electrons. The maximum absolute atomic E-state index is 3.87. The fourth-order valence-corrected chi connectivity index (χ4v) is 1.96. The lowest BCUT2D eigenvalue weighted by atomic mass is 10.1. The van der Waals surface area contributed by atoms with Gasteiger partial charge < -0.3 is 0 Å². The molecule has 0 saturated carbocycles. The molecule has 1 aromatic carbocycles. The van der Waals surface area contributed by atoms with Gasteiger partial charge in [0.2, 0.25) is 0 Å². The van der Waals surface area contributed by atoms with Crippen LogP contribution in [-0.2, 0) is 6.42 Å². The molecule has 0 aliphatic heterocycles. The highest BCUT2D eigenvalue weighted by molar-refractivity contribution is 5.84. The summed E-state index contributed by atoms with van der Waals surface area (Å²) in [6, 6.07) is 8.56. The zero-order valence-corrected chi connectivity index (χ0v) is 12.5. The molecule has 0 aromatic heterocycles. The van der Waals surface area contributed by atoms with Gasteiger partial charge in [-0.3, -0.25) is 0 Å². The summed E-state index contributed by atoms with van der Waals surface area (Å²) in [5.74, 6) is 0. The number of allylic oxidation sites excluding steroid dienone is 5. The predicted octanol–water partition coefficient (Wildman–Crippen LogP) is 5.81. The van der Waals surface area contributed by atoms with Crippen LogP contribution in [0.4, 0.5) is 0 Å².